The lowest BCUT2D eigenvalue weighted by Gasteiger charge is -2.30. The van der Waals surface area contributed by atoms with Crippen LogP contribution in [0.3, 0.4) is 0 Å². The Morgan fingerprint density at radius 1 is 0.408 bits per heavy atom. The molecule has 34 heteroatoms. The van der Waals surface area contributed by atoms with E-state index < -0.39 is 155 Å². The quantitative estimate of drug-likeness (QED) is 0.0198. The molecule has 13 atom stereocenters. The Morgan fingerprint density at radius 3 is 1.07 bits per heavy atom. The molecular formula is C69H128N20O14. The van der Waals surface area contributed by atoms with Crippen LogP contribution in [-0.4, -0.2) is 202 Å². The van der Waals surface area contributed by atoms with E-state index in [0.717, 1.165) is 0 Å². The lowest BCUT2D eigenvalue weighted by molar-refractivity contribution is -0.142. The average Bonchev–Trinajstić information content (AvgIpc) is 1.17. The molecule has 1 aromatic rings. The molecule has 0 saturated carbocycles. The van der Waals surface area contributed by atoms with Crippen molar-refractivity contribution < 1.29 is 67.7 Å². The van der Waals surface area contributed by atoms with Gasteiger partial charge in [0.1, 0.15) is 66.5 Å². The fourth-order valence-electron chi connectivity index (χ4n) is 11.1. The van der Waals surface area contributed by atoms with Crippen LogP contribution in [0.5, 0.6) is 0 Å². The number of nitrogens with two attached hydrogens (primary N) is 6. The number of rotatable bonds is 53. The number of carboxylic acid groups (broad SMARTS) is 1. The number of aromatic nitrogens is 2. The summed E-state index contributed by atoms with van der Waals surface area (Å²) in [6.45, 7) is 23.6. The van der Waals surface area contributed by atoms with E-state index >= 15 is 0 Å². The molecule has 0 aromatic carbocycles. The van der Waals surface area contributed by atoms with E-state index in [2.05, 4.69) is 73.4 Å². The van der Waals surface area contributed by atoms with Crippen molar-refractivity contribution >= 4 is 76.9 Å². The number of carboxylic acids is 1. The summed E-state index contributed by atoms with van der Waals surface area (Å²) in [5.41, 5.74) is 34.7. The van der Waals surface area contributed by atoms with Crippen LogP contribution in [0.1, 0.15) is 198 Å². The zero-order chi connectivity index (χ0) is 78.2. The van der Waals surface area contributed by atoms with Crippen molar-refractivity contribution in [2.75, 3.05) is 26.2 Å². The van der Waals surface area contributed by atoms with Crippen LogP contribution >= 0.6 is 0 Å². The van der Waals surface area contributed by atoms with E-state index in [4.69, 9.17) is 34.4 Å². The summed E-state index contributed by atoms with van der Waals surface area (Å²) in [6.07, 6.45) is 4.94. The number of imidazole rings is 1. The molecule has 11 amide bonds. The van der Waals surface area contributed by atoms with Crippen molar-refractivity contribution in [1.82, 2.24) is 68.5 Å². The predicted molar refractivity (Wildman–Crippen MR) is 392 cm³/mol. The second-order valence-electron chi connectivity index (χ2n) is 29.2. The van der Waals surface area contributed by atoms with E-state index in [9.17, 15) is 67.7 Å². The third-order valence-corrected chi connectivity index (χ3v) is 16.6. The number of H-pyrrole nitrogens is 1. The van der Waals surface area contributed by atoms with Gasteiger partial charge in [-0.3, -0.25) is 57.7 Å². The van der Waals surface area contributed by atoms with Crippen molar-refractivity contribution in [2.24, 2.45) is 74.9 Å². The van der Waals surface area contributed by atoms with Gasteiger partial charge in [-0.15, -0.1) is 0 Å². The number of aliphatic imine (C=N–C) groups is 1. The normalized spacial score (nSPS) is 15.3. The molecule has 0 radical (unpaired) electrons. The Hall–Kier alpha value is -8.08. The van der Waals surface area contributed by atoms with Gasteiger partial charge in [-0.2, -0.15) is 0 Å². The van der Waals surface area contributed by atoms with Gasteiger partial charge < -0.3 is 108 Å². The van der Waals surface area contributed by atoms with Gasteiger partial charge in [-0.1, -0.05) is 89.5 Å². The molecule has 1 aromatic heterocycles. The van der Waals surface area contributed by atoms with Crippen LogP contribution in [0, 0.1) is 35.5 Å². The summed E-state index contributed by atoms with van der Waals surface area (Å²) in [4.78, 5) is 180. The third-order valence-electron chi connectivity index (χ3n) is 16.6. The van der Waals surface area contributed by atoms with E-state index in [1.54, 1.807) is 55.4 Å². The first-order valence-corrected chi connectivity index (χ1v) is 36.5. The number of guanidine groups is 1. The molecule has 0 spiro atoms. The van der Waals surface area contributed by atoms with E-state index in [1.165, 1.54) is 19.4 Å². The lowest BCUT2D eigenvalue weighted by atomic mass is 9.98. The van der Waals surface area contributed by atoms with Crippen LogP contribution in [0.4, 0.5) is 0 Å². The first-order chi connectivity index (χ1) is 48.3. The van der Waals surface area contributed by atoms with Crippen LogP contribution in [0.2, 0.25) is 0 Å². The highest BCUT2D eigenvalue weighted by molar-refractivity contribution is 5.99. The second-order valence-corrected chi connectivity index (χ2v) is 29.2. The fraction of sp³-hybridized carbons (Fsp3) is 0.768. The molecule has 0 unspecified atom stereocenters. The Morgan fingerprint density at radius 2 is 0.718 bits per heavy atom. The Kier molecular flexibility index (Phi) is 44.7. The van der Waals surface area contributed by atoms with Crippen molar-refractivity contribution in [1.29, 1.82) is 0 Å². The van der Waals surface area contributed by atoms with Crippen molar-refractivity contribution in [3.8, 4) is 0 Å². The number of carbonyl (C=O) groups is 12. The SMILES string of the molecule is CC(C)C[C@H](NC(=O)[C@H](CCCCN)NC(=O)[C@H](Cc1cnc[nH]1)NC(=O)[C@H](CCCCN)NC(=O)[C@H](CC(C)C)NC(=O)[C@H](CC(C)C)NC(=O)[C@@H](N)CCCCN)C(=O)N[C@@H](CC(C)C)C(=O)N[C@H](C(=O)N[C@H](C(=O)N[C@@H](CC(C)C)C(=O)N[C@@H](CCCN=C(N)N)C(=O)O)[C@@H](C)O)C(C)C. The van der Waals surface area contributed by atoms with Gasteiger partial charge in [0.2, 0.25) is 65.0 Å². The summed E-state index contributed by atoms with van der Waals surface area (Å²) in [6, 6.07) is -15.6. The standard InChI is InChI=1S/C69H128N20O14/c1-37(2)29-49(82-57(91)45(73)21-14-17-25-70)62(96)84-50(30-38(3)4)60(94)79-47(23-16-19-27-72)59(93)86-54(34-44-35-76-36-78-44)64(98)80-46(22-15-18-26-71)58(92)83-51(31-39(5)6)63(97)85-53(33-41(9)10)65(99)88-55(42(11)12)66(100)89-56(43(13)90)67(101)87-52(32-40(7)8)61(95)81-48(68(102)103)24-20-28-77-69(74)75/h35-43,45-56,90H,14-34,70-73H2,1-13H3,(H,76,78)(H,79,94)(H,80,98)(H,81,95)(H,82,91)(H,83,92)(H,84,96)(H,85,97)(H,86,93)(H,87,101)(H,88,99)(H,89,100)(H,102,103)(H4,74,75,77)/t43-,45+,46+,47+,48+,49+,50+,51+,52+,53+,54+,55+,56+/m1/s1. The van der Waals surface area contributed by atoms with E-state index in [0.29, 0.717) is 57.2 Å². The minimum Gasteiger partial charge on any atom is -0.480 e. The minimum absolute atomic E-state index is 0.0128. The summed E-state index contributed by atoms with van der Waals surface area (Å²) in [5, 5.41) is 50.4. The largest absolute Gasteiger partial charge is 0.480 e. The van der Waals surface area contributed by atoms with Gasteiger partial charge >= 0.3 is 5.97 Å². The first-order valence-electron chi connectivity index (χ1n) is 36.5. The fourth-order valence-corrected chi connectivity index (χ4v) is 11.1. The van der Waals surface area contributed by atoms with Crippen LogP contribution < -0.4 is 92.9 Å². The maximum Gasteiger partial charge on any atom is 0.326 e. The summed E-state index contributed by atoms with van der Waals surface area (Å²) in [7, 11) is 0. The lowest BCUT2D eigenvalue weighted by Crippen LogP contribution is -2.62. The molecule has 0 aliphatic carbocycles. The highest BCUT2D eigenvalue weighted by Gasteiger charge is 2.39. The summed E-state index contributed by atoms with van der Waals surface area (Å²) < 4.78 is 0. The maximum absolute atomic E-state index is 14.8. The molecule has 103 heavy (non-hydrogen) atoms. The van der Waals surface area contributed by atoms with Crippen molar-refractivity contribution in [2.45, 2.75) is 278 Å². The number of aromatic amines is 1. The molecule has 26 N–H and O–H groups in total. The van der Waals surface area contributed by atoms with Crippen molar-refractivity contribution in [3.63, 3.8) is 0 Å². The number of aliphatic hydroxyl groups is 1. The number of nitrogens with zero attached hydrogens (tertiary/aromatic N) is 2. The minimum atomic E-state index is -1.69. The summed E-state index contributed by atoms with van der Waals surface area (Å²) in [5.74, 6) is -11.7. The van der Waals surface area contributed by atoms with E-state index in [-0.39, 0.29) is 119 Å². The number of aliphatic hydroxyl groups excluding tert-OH is 1. The number of aliphatic carboxylic acids is 1. The highest BCUT2D eigenvalue weighted by Crippen LogP contribution is 2.17. The predicted octanol–water partition coefficient (Wildman–Crippen LogP) is -1.60. The first kappa shape index (κ1) is 92.9. The number of hydrogen-bond acceptors (Lipinski definition) is 19. The van der Waals surface area contributed by atoms with Gasteiger partial charge in [0.05, 0.1) is 18.5 Å². The molecule has 1 rings (SSSR count). The van der Waals surface area contributed by atoms with Gasteiger partial charge in [0.25, 0.3) is 0 Å². The maximum atomic E-state index is 14.8. The van der Waals surface area contributed by atoms with E-state index in [1.807, 2.05) is 27.7 Å². The van der Waals surface area contributed by atoms with Crippen molar-refractivity contribution in [3.05, 3.63) is 18.2 Å². The molecule has 0 bridgehead atoms. The van der Waals surface area contributed by atoms with Crippen LogP contribution in [0.15, 0.2) is 17.5 Å². The molecule has 0 aliphatic rings. The zero-order valence-corrected chi connectivity index (χ0v) is 63.1. The molecule has 34 nitrogen and oxygen atoms in total. The highest BCUT2D eigenvalue weighted by atomic mass is 16.4. The number of hydrogen-bond donors (Lipinski definition) is 20. The number of carbonyl (C=O) groups excluding carboxylic acids is 11. The number of unbranched alkanes of at least 4 members (excludes halogenated alkanes) is 3. The molecule has 0 aliphatic heterocycles. The Labute approximate surface area is 607 Å². The Bertz CT molecular complexity index is 2820. The van der Waals surface area contributed by atoms with Gasteiger partial charge in [0, 0.05) is 24.9 Å². The number of nitrogens with one attached hydrogen (secondary N) is 12. The molecule has 588 valence electrons. The molecule has 0 saturated heterocycles. The molecule has 1 heterocycles. The average molecular weight is 1460 g/mol. The second kappa shape index (κ2) is 49.6. The van der Waals surface area contributed by atoms with Crippen LogP contribution in [-0.2, 0) is 64.0 Å². The molecule has 0 fully saturated rings. The summed E-state index contributed by atoms with van der Waals surface area (Å²) >= 11 is 0. The topological polar surface area (TPSA) is 575 Å². The van der Waals surface area contributed by atoms with Gasteiger partial charge in [-0.05, 0) is 158 Å². The Balaban J connectivity index is 3.65. The monoisotopic (exact) mass is 1460 g/mol. The number of amides is 11. The zero-order valence-electron chi connectivity index (χ0n) is 63.1. The van der Waals surface area contributed by atoms with Gasteiger partial charge in [0.15, 0.2) is 5.96 Å². The van der Waals surface area contributed by atoms with Crippen LogP contribution in [0.25, 0.3) is 0 Å². The third kappa shape index (κ3) is 37.8. The smallest absolute Gasteiger partial charge is 0.326 e. The molecular weight excluding hydrogens is 1330 g/mol. The van der Waals surface area contributed by atoms with Gasteiger partial charge in [-0.25, -0.2) is 9.78 Å².